The summed E-state index contributed by atoms with van der Waals surface area (Å²) in [5.41, 5.74) is 0.787. The molecule has 1 saturated heterocycles. The maximum Gasteiger partial charge on any atom is 0.254 e. The van der Waals surface area contributed by atoms with E-state index in [9.17, 15) is 9.59 Å². The van der Waals surface area contributed by atoms with Gasteiger partial charge in [-0.15, -0.1) is 0 Å². The molecule has 1 atom stereocenters. The van der Waals surface area contributed by atoms with Crippen molar-refractivity contribution >= 4 is 28.8 Å². The van der Waals surface area contributed by atoms with E-state index < -0.39 is 5.54 Å². The number of amides is 2. The molecule has 6 heteroatoms. The highest BCUT2D eigenvalue weighted by molar-refractivity contribution is 7.08. The van der Waals surface area contributed by atoms with Crippen molar-refractivity contribution in [3.63, 3.8) is 0 Å². The number of para-hydroxylation sites is 1. The third-order valence-electron chi connectivity index (χ3n) is 4.52. The number of thiophene rings is 1. The summed E-state index contributed by atoms with van der Waals surface area (Å²) in [5.74, 6) is -0.00841. The first-order valence-corrected chi connectivity index (χ1v) is 9.33. The highest BCUT2D eigenvalue weighted by atomic mass is 32.1. The first-order chi connectivity index (χ1) is 12.0. The van der Waals surface area contributed by atoms with Crippen molar-refractivity contribution in [1.29, 1.82) is 0 Å². The maximum atomic E-state index is 13.0. The number of benzene rings is 1. The monoisotopic (exact) mass is 357 g/mol. The molecule has 2 aromatic rings. The van der Waals surface area contributed by atoms with Crippen LogP contribution in [0.2, 0.25) is 0 Å². The van der Waals surface area contributed by atoms with E-state index in [0.29, 0.717) is 25.1 Å². The zero-order chi connectivity index (χ0) is 17.9. The molecular formula is C19H23N3O2S. The summed E-state index contributed by atoms with van der Waals surface area (Å²) >= 11 is 1.51. The van der Waals surface area contributed by atoms with Crippen LogP contribution in [0.25, 0.3) is 0 Å². The van der Waals surface area contributed by atoms with E-state index >= 15 is 0 Å². The number of carbonyl (C=O) groups excluding carboxylic acids is 2. The fourth-order valence-electron chi connectivity index (χ4n) is 3.35. The van der Waals surface area contributed by atoms with Gasteiger partial charge in [0.1, 0.15) is 5.54 Å². The van der Waals surface area contributed by atoms with Crippen molar-refractivity contribution in [3.8, 4) is 0 Å². The molecule has 0 radical (unpaired) electrons. The average Bonchev–Trinajstić information content (AvgIpc) is 3.16. The van der Waals surface area contributed by atoms with Crippen molar-refractivity contribution in [2.45, 2.75) is 18.4 Å². The summed E-state index contributed by atoms with van der Waals surface area (Å²) in [7, 11) is 3.52. The Kier molecular flexibility index (Phi) is 5.08. The smallest absolute Gasteiger partial charge is 0.254 e. The third kappa shape index (κ3) is 3.69. The number of hydrogen-bond donors (Lipinski definition) is 1. The molecule has 1 unspecified atom stereocenters. The highest BCUT2D eigenvalue weighted by Crippen LogP contribution is 2.29. The largest absolute Gasteiger partial charge is 0.370 e. The van der Waals surface area contributed by atoms with Gasteiger partial charge in [0, 0.05) is 31.7 Å². The molecule has 1 N–H and O–H groups in total. The molecule has 3 rings (SSSR count). The van der Waals surface area contributed by atoms with Crippen molar-refractivity contribution in [2.75, 3.05) is 32.5 Å². The molecule has 2 heterocycles. The van der Waals surface area contributed by atoms with Gasteiger partial charge in [-0.05, 0) is 36.4 Å². The van der Waals surface area contributed by atoms with Gasteiger partial charge in [-0.1, -0.05) is 18.2 Å². The zero-order valence-corrected chi connectivity index (χ0v) is 15.4. The van der Waals surface area contributed by atoms with E-state index in [0.717, 1.165) is 12.1 Å². The molecule has 1 aliphatic rings. The summed E-state index contributed by atoms with van der Waals surface area (Å²) in [6.45, 7) is 1.04. The molecule has 1 aliphatic heterocycles. The first kappa shape index (κ1) is 17.5. The van der Waals surface area contributed by atoms with E-state index in [1.54, 1.807) is 23.9 Å². The molecule has 0 saturated carbocycles. The molecular weight excluding hydrogens is 334 g/mol. The Balaban J connectivity index is 1.88. The number of hydrogen-bond acceptors (Lipinski definition) is 4. The predicted molar refractivity (Wildman–Crippen MR) is 101 cm³/mol. The van der Waals surface area contributed by atoms with Crippen LogP contribution in [0, 0.1) is 0 Å². The van der Waals surface area contributed by atoms with Crippen LogP contribution in [0.1, 0.15) is 23.2 Å². The lowest BCUT2D eigenvalue weighted by Gasteiger charge is -2.43. The van der Waals surface area contributed by atoms with Crippen LogP contribution in [0.3, 0.4) is 0 Å². The number of rotatable bonds is 4. The average molecular weight is 357 g/mol. The molecule has 132 valence electrons. The van der Waals surface area contributed by atoms with Gasteiger partial charge in [-0.25, -0.2) is 0 Å². The standard InChI is InChI=1S/C19H23N3O2S/c1-21(2)18(24)19(20-16-7-4-3-5-8-16)10-6-11-22(14-19)17(23)15-9-12-25-13-15/h3-5,7-9,12-13,20H,6,10-11,14H2,1-2H3. The first-order valence-electron chi connectivity index (χ1n) is 8.38. The summed E-state index contributed by atoms with van der Waals surface area (Å²) in [5, 5.41) is 7.18. The second-order valence-electron chi connectivity index (χ2n) is 6.61. The van der Waals surface area contributed by atoms with E-state index in [-0.39, 0.29) is 11.8 Å². The van der Waals surface area contributed by atoms with Crippen molar-refractivity contribution in [1.82, 2.24) is 9.80 Å². The van der Waals surface area contributed by atoms with Gasteiger partial charge in [0.05, 0.1) is 12.1 Å². The van der Waals surface area contributed by atoms with Crippen LogP contribution < -0.4 is 5.32 Å². The minimum absolute atomic E-state index is 0.000767. The quantitative estimate of drug-likeness (QED) is 0.915. The minimum atomic E-state index is -0.797. The van der Waals surface area contributed by atoms with E-state index in [1.807, 2.05) is 47.2 Å². The van der Waals surface area contributed by atoms with Gasteiger partial charge < -0.3 is 15.1 Å². The summed E-state index contributed by atoms with van der Waals surface area (Å²) in [6.07, 6.45) is 1.49. The number of piperidine rings is 1. The normalized spacial score (nSPS) is 20.2. The topological polar surface area (TPSA) is 52.7 Å². The van der Waals surface area contributed by atoms with Gasteiger partial charge in [-0.2, -0.15) is 11.3 Å². The Labute approximate surface area is 152 Å². The fraction of sp³-hybridized carbons (Fsp3) is 0.368. The van der Waals surface area contributed by atoms with Crippen LogP contribution in [0.15, 0.2) is 47.2 Å². The van der Waals surface area contributed by atoms with Gasteiger partial charge in [0.2, 0.25) is 5.91 Å². The number of nitrogens with zero attached hydrogens (tertiary/aromatic N) is 2. The summed E-state index contributed by atoms with van der Waals surface area (Å²) in [4.78, 5) is 29.2. The van der Waals surface area contributed by atoms with E-state index in [1.165, 1.54) is 11.3 Å². The van der Waals surface area contributed by atoms with E-state index in [4.69, 9.17) is 0 Å². The maximum absolute atomic E-state index is 13.0. The van der Waals surface area contributed by atoms with Crippen molar-refractivity contribution < 1.29 is 9.59 Å². The Morgan fingerprint density at radius 2 is 1.96 bits per heavy atom. The highest BCUT2D eigenvalue weighted by Gasteiger charge is 2.44. The van der Waals surface area contributed by atoms with Crippen LogP contribution >= 0.6 is 11.3 Å². The summed E-state index contributed by atoms with van der Waals surface area (Å²) < 4.78 is 0. The molecule has 1 aromatic heterocycles. The van der Waals surface area contributed by atoms with Gasteiger partial charge in [0.25, 0.3) is 5.91 Å². The minimum Gasteiger partial charge on any atom is -0.370 e. The number of likely N-dealkylation sites (N-methyl/N-ethyl adjacent to an activating group) is 1. The second kappa shape index (κ2) is 7.27. The van der Waals surface area contributed by atoms with E-state index in [2.05, 4.69) is 5.32 Å². The lowest BCUT2D eigenvalue weighted by atomic mass is 9.86. The molecule has 1 aromatic carbocycles. The molecule has 0 spiro atoms. The van der Waals surface area contributed by atoms with Gasteiger partial charge in [-0.3, -0.25) is 9.59 Å². The van der Waals surface area contributed by atoms with Crippen molar-refractivity contribution in [2.24, 2.45) is 0 Å². The second-order valence-corrected chi connectivity index (χ2v) is 7.40. The molecule has 0 bridgehead atoms. The van der Waals surface area contributed by atoms with Gasteiger partial charge in [0.15, 0.2) is 0 Å². The van der Waals surface area contributed by atoms with Crippen LogP contribution in [0.4, 0.5) is 5.69 Å². The van der Waals surface area contributed by atoms with Crippen LogP contribution in [-0.2, 0) is 4.79 Å². The number of nitrogens with one attached hydrogen (secondary N) is 1. The van der Waals surface area contributed by atoms with Crippen LogP contribution in [0.5, 0.6) is 0 Å². The zero-order valence-electron chi connectivity index (χ0n) is 14.6. The number of anilines is 1. The SMILES string of the molecule is CN(C)C(=O)C1(Nc2ccccc2)CCCN(C(=O)c2ccsc2)C1. The molecule has 2 amide bonds. The Morgan fingerprint density at radius 3 is 2.60 bits per heavy atom. The Bertz CT molecular complexity index is 730. The van der Waals surface area contributed by atoms with Crippen LogP contribution in [-0.4, -0.2) is 54.3 Å². The number of likely N-dealkylation sites (tertiary alicyclic amines) is 1. The Hall–Kier alpha value is -2.34. The molecule has 5 nitrogen and oxygen atoms in total. The third-order valence-corrected chi connectivity index (χ3v) is 5.20. The number of carbonyl (C=O) groups is 2. The molecule has 25 heavy (non-hydrogen) atoms. The van der Waals surface area contributed by atoms with Crippen molar-refractivity contribution in [3.05, 3.63) is 52.7 Å². The molecule has 0 aliphatic carbocycles. The van der Waals surface area contributed by atoms with Gasteiger partial charge >= 0.3 is 0 Å². The fourth-order valence-corrected chi connectivity index (χ4v) is 3.98. The lowest BCUT2D eigenvalue weighted by molar-refractivity contribution is -0.135. The summed E-state index contributed by atoms with van der Waals surface area (Å²) in [6, 6.07) is 11.6. The molecule has 1 fully saturated rings. The Morgan fingerprint density at radius 1 is 1.20 bits per heavy atom. The predicted octanol–water partition coefficient (Wildman–Crippen LogP) is 2.92. The lowest BCUT2D eigenvalue weighted by Crippen LogP contribution is -2.62.